The van der Waals surface area contributed by atoms with Crippen LogP contribution in [-0.2, 0) is 15.5 Å². The van der Waals surface area contributed by atoms with Crippen LogP contribution >= 0.6 is 0 Å². The Hall–Kier alpha value is 0.0700. The van der Waals surface area contributed by atoms with E-state index < -0.39 is 10.8 Å². The van der Waals surface area contributed by atoms with Crippen LogP contribution in [0.5, 0.6) is 0 Å². The molecule has 0 heterocycles. The first-order chi connectivity index (χ1) is 6.75. The summed E-state index contributed by atoms with van der Waals surface area (Å²) in [6.45, 7) is 0.702. The molecule has 1 aliphatic rings. The zero-order chi connectivity index (χ0) is 10.4. The van der Waals surface area contributed by atoms with Gasteiger partial charge in [0.15, 0.2) is 0 Å². The van der Waals surface area contributed by atoms with Gasteiger partial charge in [0.2, 0.25) is 0 Å². The third kappa shape index (κ3) is 3.67. The molecule has 1 fully saturated rings. The summed E-state index contributed by atoms with van der Waals surface area (Å²) in [6.07, 6.45) is 5.36. The third-order valence-corrected chi connectivity index (χ3v) is 4.74. The topological polar surface area (TPSA) is 52.3 Å². The van der Waals surface area contributed by atoms with Gasteiger partial charge in [-0.3, -0.25) is 4.21 Å². The first-order valence-corrected chi connectivity index (χ1v) is 6.75. The van der Waals surface area contributed by atoms with Crippen molar-refractivity contribution in [2.45, 2.75) is 43.4 Å². The molecule has 0 amide bonds. The summed E-state index contributed by atoms with van der Waals surface area (Å²) in [6, 6.07) is 0.159. The first-order valence-electron chi connectivity index (χ1n) is 5.37. The van der Waals surface area contributed by atoms with Gasteiger partial charge in [-0.15, -0.1) is 0 Å². The lowest BCUT2D eigenvalue weighted by Crippen LogP contribution is -2.41. The van der Waals surface area contributed by atoms with Crippen molar-refractivity contribution in [2.75, 3.05) is 19.5 Å². The van der Waals surface area contributed by atoms with Crippen LogP contribution in [0, 0.1) is 0 Å². The van der Waals surface area contributed by atoms with Crippen molar-refractivity contribution in [1.29, 1.82) is 0 Å². The van der Waals surface area contributed by atoms with Crippen LogP contribution < -0.4 is 5.73 Å². The van der Waals surface area contributed by atoms with E-state index in [1.807, 2.05) is 0 Å². The fourth-order valence-corrected chi connectivity index (χ4v) is 3.61. The summed E-state index contributed by atoms with van der Waals surface area (Å²) < 4.78 is 16.8. The molecule has 3 nitrogen and oxygen atoms in total. The third-order valence-electron chi connectivity index (χ3n) is 2.79. The predicted octanol–water partition coefficient (Wildman–Crippen LogP) is 1.04. The summed E-state index contributed by atoms with van der Waals surface area (Å²) in [5, 5.41) is 0.237. The minimum atomic E-state index is -0.743. The maximum atomic E-state index is 11.9. The summed E-state index contributed by atoms with van der Waals surface area (Å²) in [7, 11) is 0.933. The molecule has 0 radical (unpaired) electrons. The Kier molecular flexibility index (Phi) is 5.67. The van der Waals surface area contributed by atoms with Gasteiger partial charge < -0.3 is 10.5 Å². The molecule has 3 atom stereocenters. The van der Waals surface area contributed by atoms with Crippen LogP contribution in [0.15, 0.2) is 0 Å². The van der Waals surface area contributed by atoms with Crippen LogP contribution in [0.25, 0.3) is 0 Å². The zero-order valence-corrected chi connectivity index (χ0v) is 9.72. The van der Waals surface area contributed by atoms with Gasteiger partial charge in [-0.2, -0.15) is 0 Å². The standard InChI is InChI=1S/C10H21NO2S/c1-13-7-4-8-14(12)10-6-3-2-5-9(10)11/h9-10H,2-8,11H2,1H3. The summed E-state index contributed by atoms with van der Waals surface area (Å²) in [4.78, 5) is 0. The van der Waals surface area contributed by atoms with Gasteiger partial charge >= 0.3 is 0 Å². The molecule has 1 aliphatic carbocycles. The molecule has 0 aromatic heterocycles. The average Bonchev–Trinajstić information content (AvgIpc) is 2.18. The minimum Gasteiger partial charge on any atom is -0.385 e. The van der Waals surface area contributed by atoms with Crippen molar-refractivity contribution in [3.63, 3.8) is 0 Å². The molecule has 4 heteroatoms. The second-order valence-corrected chi connectivity index (χ2v) is 5.69. The minimum absolute atomic E-state index is 0.159. The van der Waals surface area contributed by atoms with Gasteiger partial charge in [0.25, 0.3) is 0 Å². The molecule has 0 aliphatic heterocycles. The molecular weight excluding hydrogens is 198 g/mol. The quantitative estimate of drug-likeness (QED) is 0.703. The summed E-state index contributed by atoms with van der Waals surface area (Å²) in [5.41, 5.74) is 5.96. The van der Waals surface area contributed by atoms with Gasteiger partial charge in [-0.05, 0) is 19.3 Å². The van der Waals surface area contributed by atoms with E-state index in [0.29, 0.717) is 6.61 Å². The van der Waals surface area contributed by atoms with Crippen molar-refractivity contribution >= 4 is 10.8 Å². The molecule has 0 spiro atoms. The van der Waals surface area contributed by atoms with Crippen molar-refractivity contribution in [3.8, 4) is 0 Å². The molecule has 1 rings (SSSR count). The Bertz CT molecular complexity index is 187. The summed E-state index contributed by atoms with van der Waals surface area (Å²) >= 11 is 0. The molecule has 0 aromatic carbocycles. The Balaban J connectivity index is 2.27. The Morgan fingerprint density at radius 1 is 1.43 bits per heavy atom. The van der Waals surface area contributed by atoms with Crippen molar-refractivity contribution in [2.24, 2.45) is 5.73 Å². The Morgan fingerprint density at radius 3 is 2.79 bits per heavy atom. The lowest BCUT2D eigenvalue weighted by molar-refractivity contribution is 0.200. The number of methoxy groups -OCH3 is 1. The average molecular weight is 219 g/mol. The highest BCUT2D eigenvalue weighted by molar-refractivity contribution is 7.85. The molecular formula is C10H21NO2S. The lowest BCUT2D eigenvalue weighted by Gasteiger charge is -2.27. The molecule has 14 heavy (non-hydrogen) atoms. The molecule has 2 N–H and O–H groups in total. The number of nitrogens with two attached hydrogens (primary N) is 1. The van der Waals surface area contributed by atoms with E-state index >= 15 is 0 Å². The van der Waals surface area contributed by atoms with E-state index in [9.17, 15) is 4.21 Å². The molecule has 1 saturated carbocycles. The van der Waals surface area contributed by atoms with Crippen LogP contribution in [0.1, 0.15) is 32.1 Å². The number of hydrogen-bond acceptors (Lipinski definition) is 3. The smallest absolute Gasteiger partial charge is 0.0499 e. The monoisotopic (exact) mass is 219 g/mol. The van der Waals surface area contributed by atoms with Crippen molar-refractivity contribution in [3.05, 3.63) is 0 Å². The van der Waals surface area contributed by atoms with Gasteiger partial charge in [-0.1, -0.05) is 12.8 Å². The van der Waals surface area contributed by atoms with Gasteiger partial charge in [0.05, 0.1) is 0 Å². The SMILES string of the molecule is COCCCS(=O)C1CCCCC1N. The van der Waals surface area contributed by atoms with Gasteiger partial charge in [0, 0.05) is 41.6 Å². The molecule has 0 bridgehead atoms. The van der Waals surface area contributed by atoms with E-state index in [0.717, 1.165) is 25.0 Å². The first kappa shape index (κ1) is 12.1. The van der Waals surface area contributed by atoms with E-state index in [4.69, 9.17) is 10.5 Å². The van der Waals surface area contributed by atoms with Crippen LogP contribution in [0.4, 0.5) is 0 Å². The predicted molar refractivity (Wildman–Crippen MR) is 59.7 cm³/mol. The van der Waals surface area contributed by atoms with E-state index in [1.54, 1.807) is 7.11 Å². The van der Waals surface area contributed by atoms with Gasteiger partial charge in [0.1, 0.15) is 0 Å². The largest absolute Gasteiger partial charge is 0.385 e. The Morgan fingerprint density at radius 2 is 2.14 bits per heavy atom. The maximum absolute atomic E-state index is 11.9. The number of hydrogen-bond donors (Lipinski definition) is 1. The molecule has 0 aromatic rings. The highest BCUT2D eigenvalue weighted by atomic mass is 32.2. The highest BCUT2D eigenvalue weighted by Crippen LogP contribution is 2.21. The second-order valence-electron chi connectivity index (χ2n) is 3.92. The lowest BCUT2D eigenvalue weighted by atomic mass is 9.96. The van der Waals surface area contributed by atoms with E-state index in [-0.39, 0.29) is 11.3 Å². The van der Waals surface area contributed by atoms with Gasteiger partial charge in [-0.25, -0.2) is 0 Å². The van der Waals surface area contributed by atoms with Crippen molar-refractivity contribution in [1.82, 2.24) is 0 Å². The van der Waals surface area contributed by atoms with E-state index in [2.05, 4.69) is 0 Å². The van der Waals surface area contributed by atoms with Crippen LogP contribution in [0.2, 0.25) is 0 Å². The maximum Gasteiger partial charge on any atom is 0.0499 e. The normalized spacial score (nSPS) is 30.1. The van der Waals surface area contributed by atoms with Crippen molar-refractivity contribution < 1.29 is 8.95 Å². The molecule has 3 unspecified atom stereocenters. The van der Waals surface area contributed by atoms with Crippen LogP contribution in [0.3, 0.4) is 0 Å². The number of rotatable bonds is 5. The fraction of sp³-hybridized carbons (Fsp3) is 1.00. The van der Waals surface area contributed by atoms with Crippen LogP contribution in [-0.4, -0.2) is 35.0 Å². The Labute approximate surface area is 88.8 Å². The number of ether oxygens (including phenoxy) is 1. The summed E-state index contributed by atoms with van der Waals surface area (Å²) in [5.74, 6) is 0.742. The molecule has 84 valence electrons. The zero-order valence-electron chi connectivity index (χ0n) is 8.91. The second kappa shape index (κ2) is 6.53. The highest BCUT2D eigenvalue weighted by Gasteiger charge is 2.26. The fourth-order valence-electron chi connectivity index (χ4n) is 1.95. The van der Waals surface area contributed by atoms with E-state index in [1.165, 1.54) is 12.8 Å². The molecule has 0 saturated heterocycles.